The summed E-state index contributed by atoms with van der Waals surface area (Å²) in [6.07, 6.45) is 12.7. The van der Waals surface area contributed by atoms with Crippen molar-refractivity contribution in [3.8, 4) is 0 Å². The summed E-state index contributed by atoms with van der Waals surface area (Å²) < 4.78 is 5.90. The van der Waals surface area contributed by atoms with Crippen LogP contribution in [-0.2, 0) is 9.53 Å². The molecule has 0 bridgehead atoms. The number of carbonyl (C=O) groups is 2. The molecule has 164 valence electrons. The summed E-state index contributed by atoms with van der Waals surface area (Å²) in [7, 11) is 0. The SMILES string of the molecule is C=CCN1CCC(OC(=O)C2CCCCC2)N(c2nnc(C3CCCCC3)s2)C1=O. The maximum atomic E-state index is 13.2. The first-order chi connectivity index (χ1) is 14.7. The van der Waals surface area contributed by atoms with E-state index in [1.807, 2.05) is 0 Å². The molecule has 3 fully saturated rings. The molecule has 8 heteroatoms. The average Bonchev–Trinajstić information content (AvgIpc) is 3.27. The Labute approximate surface area is 182 Å². The van der Waals surface area contributed by atoms with Gasteiger partial charge in [-0.2, -0.15) is 0 Å². The van der Waals surface area contributed by atoms with E-state index in [-0.39, 0.29) is 17.9 Å². The van der Waals surface area contributed by atoms with Gasteiger partial charge in [-0.1, -0.05) is 55.9 Å². The summed E-state index contributed by atoms with van der Waals surface area (Å²) in [6, 6.07) is -0.186. The van der Waals surface area contributed by atoms with Crippen LogP contribution >= 0.6 is 11.3 Å². The molecule has 0 radical (unpaired) electrons. The minimum atomic E-state index is -0.611. The Morgan fingerprint density at radius 2 is 1.77 bits per heavy atom. The van der Waals surface area contributed by atoms with Gasteiger partial charge in [0.15, 0.2) is 6.23 Å². The van der Waals surface area contributed by atoms with Gasteiger partial charge < -0.3 is 9.64 Å². The zero-order valence-corrected chi connectivity index (χ0v) is 18.4. The number of nitrogens with zero attached hydrogens (tertiary/aromatic N) is 4. The van der Waals surface area contributed by atoms with Gasteiger partial charge in [0.05, 0.1) is 5.92 Å². The first-order valence-electron chi connectivity index (χ1n) is 11.4. The standard InChI is InChI=1S/C22H32N4O3S/c1-2-14-25-15-13-18(29-20(27)17-11-7-4-8-12-17)26(22(25)28)21-24-23-19(30-21)16-9-5-3-6-10-16/h2,16-18H,1,3-15H2. The van der Waals surface area contributed by atoms with Crippen molar-refractivity contribution in [1.82, 2.24) is 15.1 Å². The number of amides is 2. The van der Waals surface area contributed by atoms with Gasteiger partial charge in [0.2, 0.25) is 5.13 Å². The van der Waals surface area contributed by atoms with Gasteiger partial charge in [0.25, 0.3) is 0 Å². The van der Waals surface area contributed by atoms with Crippen LogP contribution in [0, 0.1) is 5.92 Å². The summed E-state index contributed by atoms with van der Waals surface area (Å²) in [5.74, 6) is 0.207. The van der Waals surface area contributed by atoms with Gasteiger partial charge in [-0.05, 0) is 25.7 Å². The van der Waals surface area contributed by atoms with E-state index in [0.29, 0.717) is 30.6 Å². The molecule has 2 aliphatic carbocycles. The molecule has 1 unspecified atom stereocenters. The number of hydrogen-bond acceptors (Lipinski definition) is 6. The Balaban J connectivity index is 1.52. The zero-order chi connectivity index (χ0) is 20.9. The van der Waals surface area contributed by atoms with E-state index in [1.54, 1.807) is 15.9 Å². The quantitative estimate of drug-likeness (QED) is 0.474. The molecule has 7 nitrogen and oxygen atoms in total. The van der Waals surface area contributed by atoms with Gasteiger partial charge >= 0.3 is 12.0 Å². The van der Waals surface area contributed by atoms with Crippen LogP contribution in [0.4, 0.5) is 9.93 Å². The van der Waals surface area contributed by atoms with E-state index in [1.165, 1.54) is 37.0 Å². The molecule has 1 atom stereocenters. The smallest absolute Gasteiger partial charge is 0.329 e. The number of urea groups is 1. The topological polar surface area (TPSA) is 75.6 Å². The van der Waals surface area contributed by atoms with E-state index in [0.717, 1.165) is 43.5 Å². The summed E-state index contributed by atoms with van der Waals surface area (Å²) in [4.78, 5) is 29.3. The lowest BCUT2D eigenvalue weighted by Gasteiger charge is -2.39. The molecule has 0 aromatic carbocycles. The number of hydrogen-bond donors (Lipinski definition) is 0. The van der Waals surface area contributed by atoms with E-state index >= 15 is 0 Å². The number of carbonyl (C=O) groups excluding carboxylic acids is 2. The van der Waals surface area contributed by atoms with E-state index in [2.05, 4.69) is 16.8 Å². The molecule has 2 amide bonds. The van der Waals surface area contributed by atoms with Crippen molar-refractivity contribution in [2.24, 2.45) is 5.92 Å². The van der Waals surface area contributed by atoms with Crippen LogP contribution in [-0.4, -0.2) is 46.4 Å². The first kappa shape index (κ1) is 21.3. The lowest BCUT2D eigenvalue weighted by molar-refractivity contribution is -0.155. The Hall–Kier alpha value is -1.96. The summed E-state index contributed by atoms with van der Waals surface area (Å²) >= 11 is 1.48. The normalized spacial score (nSPS) is 24.1. The van der Waals surface area contributed by atoms with E-state index in [4.69, 9.17) is 4.74 Å². The van der Waals surface area contributed by atoms with Crippen LogP contribution in [0.3, 0.4) is 0 Å². The van der Waals surface area contributed by atoms with Crippen LogP contribution in [0.5, 0.6) is 0 Å². The van der Waals surface area contributed by atoms with Crippen LogP contribution in [0.15, 0.2) is 12.7 Å². The lowest BCUT2D eigenvalue weighted by atomic mass is 9.89. The van der Waals surface area contributed by atoms with Crippen LogP contribution in [0.1, 0.15) is 81.6 Å². The van der Waals surface area contributed by atoms with Gasteiger partial charge in [-0.25, -0.2) is 9.69 Å². The number of esters is 1. The highest BCUT2D eigenvalue weighted by Gasteiger charge is 2.39. The van der Waals surface area contributed by atoms with Gasteiger partial charge in [0, 0.05) is 25.4 Å². The Morgan fingerprint density at radius 3 is 2.47 bits per heavy atom. The number of aromatic nitrogens is 2. The predicted molar refractivity (Wildman–Crippen MR) is 116 cm³/mol. The van der Waals surface area contributed by atoms with Crippen LogP contribution in [0.25, 0.3) is 0 Å². The fourth-order valence-corrected chi connectivity index (χ4v) is 5.86. The highest BCUT2D eigenvalue weighted by atomic mass is 32.1. The van der Waals surface area contributed by atoms with Crippen molar-refractivity contribution < 1.29 is 14.3 Å². The molecule has 1 aliphatic heterocycles. The fraction of sp³-hybridized carbons (Fsp3) is 0.727. The highest BCUT2D eigenvalue weighted by Crippen LogP contribution is 2.38. The molecule has 4 rings (SSSR count). The molecule has 0 N–H and O–H groups in total. The van der Waals surface area contributed by atoms with Crippen molar-refractivity contribution >= 4 is 28.5 Å². The zero-order valence-electron chi connectivity index (χ0n) is 17.6. The molecule has 1 aromatic rings. The second kappa shape index (κ2) is 9.90. The Bertz CT molecular complexity index is 755. The second-order valence-corrected chi connectivity index (χ2v) is 9.65. The molecule has 1 aromatic heterocycles. The third-order valence-electron chi connectivity index (χ3n) is 6.54. The van der Waals surface area contributed by atoms with Crippen LogP contribution < -0.4 is 4.90 Å². The maximum Gasteiger partial charge on any atom is 0.329 e. The molecule has 30 heavy (non-hydrogen) atoms. The monoisotopic (exact) mass is 432 g/mol. The summed E-state index contributed by atoms with van der Waals surface area (Å²) in [6.45, 7) is 4.76. The third kappa shape index (κ3) is 4.68. The van der Waals surface area contributed by atoms with E-state index in [9.17, 15) is 9.59 Å². The van der Waals surface area contributed by atoms with E-state index < -0.39 is 6.23 Å². The fourth-order valence-electron chi connectivity index (χ4n) is 4.82. The maximum absolute atomic E-state index is 13.2. The third-order valence-corrected chi connectivity index (χ3v) is 7.63. The van der Waals surface area contributed by atoms with Crippen molar-refractivity contribution in [1.29, 1.82) is 0 Å². The summed E-state index contributed by atoms with van der Waals surface area (Å²) in [5.41, 5.74) is 0. The number of anilines is 1. The number of ether oxygens (including phenoxy) is 1. The molecule has 1 saturated heterocycles. The van der Waals surface area contributed by atoms with Gasteiger partial charge in [-0.3, -0.25) is 4.79 Å². The van der Waals surface area contributed by atoms with Crippen molar-refractivity contribution in [3.63, 3.8) is 0 Å². The largest absolute Gasteiger partial charge is 0.441 e. The molecule has 2 heterocycles. The van der Waals surface area contributed by atoms with Crippen LogP contribution in [0.2, 0.25) is 0 Å². The van der Waals surface area contributed by atoms with Crippen molar-refractivity contribution in [2.75, 3.05) is 18.0 Å². The summed E-state index contributed by atoms with van der Waals surface area (Å²) in [5, 5.41) is 10.3. The second-order valence-electron chi connectivity index (χ2n) is 8.66. The van der Waals surface area contributed by atoms with Gasteiger partial charge in [0.1, 0.15) is 5.01 Å². The van der Waals surface area contributed by atoms with Crippen molar-refractivity contribution in [2.45, 2.75) is 82.8 Å². The molecular weight excluding hydrogens is 400 g/mol. The first-order valence-corrected chi connectivity index (χ1v) is 12.2. The number of rotatable bonds is 6. The molecule has 0 spiro atoms. The highest BCUT2D eigenvalue weighted by molar-refractivity contribution is 7.15. The lowest BCUT2D eigenvalue weighted by Crippen LogP contribution is -2.56. The Morgan fingerprint density at radius 1 is 1.07 bits per heavy atom. The average molecular weight is 433 g/mol. The molecule has 3 aliphatic rings. The molecular formula is C22H32N4O3S. The molecule has 2 saturated carbocycles. The predicted octanol–water partition coefficient (Wildman–Crippen LogP) is 4.85. The van der Waals surface area contributed by atoms with Crippen molar-refractivity contribution in [3.05, 3.63) is 17.7 Å². The minimum Gasteiger partial charge on any atom is -0.441 e. The minimum absolute atomic E-state index is 0.0471. The Kier molecular flexibility index (Phi) is 7.02. The van der Waals surface area contributed by atoms with Gasteiger partial charge in [-0.15, -0.1) is 16.8 Å².